The molecule has 23 heteroatoms. The Kier molecular flexibility index (Phi) is 30.9. The van der Waals surface area contributed by atoms with E-state index in [1.807, 2.05) is 27.7 Å². The molecule has 0 aromatic heterocycles. The molecule has 424 valence electrons. The van der Waals surface area contributed by atoms with Crippen LogP contribution in [0.4, 0.5) is 0 Å². The molecule has 18 N–H and O–H groups in total. The summed E-state index contributed by atoms with van der Waals surface area (Å²) in [5, 5.41) is 34.8. The molecule has 2 rings (SSSR count). The van der Waals surface area contributed by atoms with Gasteiger partial charge in [0, 0.05) is 13.0 Å². The molecule has 0 bridgehead atoms. The van der Waals surface area contributed by atoms with E-state index < -0.39 is 108 Å². The highest BCUT2D eigenvalue weighted by atomic mass is 16.3. The van der Waals surface area contributed by atoms with Gasteiger partial charge in [-0.1, -0.05) is 97.6 Å². The molecule has 1 fully saturated rings. The number of carbonyl (C=O) groups excluding carboxylic acids is 9. The van der Waals surface area contributed by atoms with Crippen LogP contribution in [0.1, 0.15) is 131 Å². The third kappa shape index (κ3) is 25.1. The molecule has 9 amide bonds. The second kappa shape index (κ2) is 35.5. The number of unbranched alkanes of at least 4 members (excludes halogenated alkanes) is 1. The number of benzene rings is 1. The lowest BCUT2D eigenvalue weighted by atomic mass is 9.99. The summed E-state index contributed by atoms with van der Waals surface area (Å²) in [5.74, 6) is -6.55. The summed E-state index contributed by atoms with van der Waals surface area (Å²) in [6.45, 7) is 11.1. The third-order valence-electron chi connectivity index (χ3n) is 12.9. The van der Waals surface area contributed by atoms with Crippen molar-refractivity contribution in [1.82, 2.24) is 47.9 Å². The van der Waals surface area contributed by atoms with E-state index in [1.54, 1.807) is 30.3 Å². The van der Waals surface area contributed by atoms with Crippen molar-refractivity contribution in [2.45, 2.75) is 186 Å². The van der Waals surface area contributed by atoms with Crippen LogP contribution >= 0.6 is 0 Å². The Morgan fingerprint density at radius 3 is 1.55 bits per heavy atom. The first-order valence-corrected chi connectivity index (χ1v) is 26.9. The molecule has 1 saturated heterocycles. The van der Waals surface area contributed by atoms with Gasteiger partial charge in [0.15, 0.2) is 0 Å². The SMILES string of the molecule is CCC(C)CCCCC(O)CC(=O)NC(CCN)C(=O)NC1CCNC(=O)C(CC(C)C)NC(=O)C(CCN)NC(=O)C(CCN)NC(=O)C(Cc2ccccc2)NC(=O)C(CC(C)C)NC(=O)C(CCN)NC1=O. The maximum absolute atomic E-state index is 14.4. The maximum Gasteiger partial charge on any atom is 0.243 e. The maximum atomic E-state index is 14.4. The Hall–Kier alpha value is -5.75. The Labute approximate surface area is 443 Å². The topological polar surface area (TPSA) is 386 Å². The number of nitrogens with two attached hydrogens (primary N) is 4. The molecule has 0 spiro atoms. The molecule has 0 radical (unpaired) electrons. The quantitative estimate of drug-likeness (QED) is 0.0495. The highest BCUT2D eigenvalue weighted by Gasteiger charge is 2.35. The van der Waals surface area contributed by atoms with Gasteiger partial charge in [0.1, 0.15) is 48.3 Å². The van der Waals surface area contributed by atoms with Gasteiger partial charge in [-0.25, -0.2) is 0 Å². The minimum atomic E-state index is -1.46. The average Bonchev–Trinajstić information content (AvgIpc) is 3.35. The van der Waals surface area contributed by atoms with Gasteiger partial charge in [-0.3, -0.25) is 43.2 Å². The standard InChI is InChI=1S/C52H91N13O10/c1-7-33(6)13-11-12-16-35(66)30-44(67)58-36(17-22-53)46(69)62-40-21-26-57-45(68)41(27-31(2)3)63-48(71)38(19-24-55)59-47(70)37(18-23-54)61-52(75)43(29-34-14-9-8-10-15-34)65-51(74)42(28-32(4)5)64-49(72)39(20-25-56)60-50(40)73/h8-10,14-15,31-33,35-43,66H,7,11-13,16-30,53-56H2,1-6H3,(H,57,68)(H,58,67)(H,59,70)(H,60,73)(H,61,75)(H,62,69)(H,63,71)(H,64,72)(H,65,74). The van der Waals surface area contributed by atoms with E-state index in [2.05, 4.69) is 61.7 Å². The van der Waals surface area contributed by atoms with Gasteiger partial charge in [0.2, 0.25) is 53.2 Å². The lowest BCUT2D eigenvalue weighted by molar-refractivity contribution is -0.136. The molecule has 1 aromatic rings. The fourth-order valence-electron chi connectivity index (χ4n) is 8.49. The zero-order valence-corrected chi connectivity index (χ0v) is 45.2. The summed E-state index contributed by atoms with van der Waals surface area (Å²) in [6, 6.07) is -1.55. The van der Waals surface area contributed by atoms with Crippen LogP contribution in [0.3, 0.4) is 0 Å². The summed E-state index contributed by atoms with van der Waals surface area (Å²) in [4.78, 5) is 126. The Balaban J connectivity index is 2.66. The predicted molar refractivity (Wildman–Crippen MR) is 285 cm³/mol. The average molecular weight is 1060 g/mol. The number of aliphatic hydroxyl groups is 1. The van der Waals surface area contributed by atoms with Crippen LogP contribution in [0, 0.1) is 17.8 Å². The second-order valence-electron chi connectivity index (χ2n) is 20.5. The van der Waals surface area contributed by atoms with Gasteiger partial charge in [0.25, 0.3) is 0 Å². The first-order chi connectivity index (χ1) is 35.7. The molecule has 23 nitrogen and oxygen atoms in total. The van der Waals surface area contributed by atoms with Gasteiger partial charge in [-0.15, -0.1) is 0 Å². The highest BCUT2D eigenvalue weighted by molar-refractivity contribution is 5.98. The largest absolute Gasteiger partial charge is 0.393 e. The Morgan fingerprint density at radius 1 is 0.600 bits per heavy atom. The van der Waals surface area contributed by atoms with Crippen LogP contribution < -0.4 is 70.8 Å². The van der Waals surface area contributed by atoms with Crippen molar-refractivity contribution in [1.29, 1.82) is 0 Å². The second-order valence-corrected chi connectivity index (χ2v) is 20.5. The van der Waals surface area contributed by atoms with Crippen molar-refractivity contribution in [3.63, 3.8) is 0 Å². The number of hydrogen-bond acceptors (Lipinski definition) is 14. The zero-order chi connectivity index (χ0) is 56.0. The predicted octanol–water partition coefficient (Wildman–Crippen LogP) is -1.53. The highest BCUT2D eigenvalue weighted by Crippen LogP contribution is 2.15. The van der Waals surface area contributed by atoms with Crippen LogP contribution in [0.2, 0.25) is 0 Å². The van der Waals surface area contributed by atoms with Gasteiger partial charge in [-0.05, 0) is 101 Å². The summed E-state index contributed by atoms with van der Waals surface area (Å²) in [5.41, 5.74) is 24.3. The number of aliphatic hydroxyl groups excluding tert-OH is 1. The summed E-state index contributed by atoms with van der Waals surface area (Å²) in [7, 11) is 0. The molecular formula is C52H91N13O10. The van der Waals surface area contributed by atoms with E-state index in [0.717, 1.165) is 25.7 Å². The fourth-order valence-corrected chi connectivity index (χ4v) is 8.49. The third-order valence-corrected chi connectivity index (χ3v) is 12.9. The first-order valence-electron chi connectivity index (χ1n) is 26.9. The summed E-state index contributed by atoms with van der Waals surface area (Å²) < 4.78 is 0. The van der Waals surface area contributed by atoms with Crippen molar-refractivity contribution in [2.75, 3.05) is 32.7 Å². The summed E-state index contributed by atoms with van der Waals surface area (Å²) >= 11 is 0. The van der Waals surface area contributed by atoms with E-state index in [4.69, 9.17) is 22.9 Å². The molecule has 1 heterocycles. The van der Waals surface area contributed by atoms with Crippen molar-refractivity contribution in [3.8, 4) is 0 Å². The minimum absolute atomic E-state index is 0.0371. The molecule has 75 heavy (non-hydrogen) atoms. The van der Waals surface area contributed by atoms with Crippen LogP contribution in [-0.2, 0) is 49.6 Å². The van der Waals surface area contributed by atoms with Crippen LogP contribution in [0.5, 0.6) is 0 Å². The summed E-state index contributed by atoms with van der Waals surface area (Å²) in [6.07, 6.45) is 2.45. The number of rotatable bonds is 25. The van der Waals surface area contributed by atoms with E-state index >= 15 is 0 Å². The Morgan fingerprint density at radius 2 is 1.05 bits per heavy atom. The van der Waals surface area contributed by atoms with Crippen molar-refractivity contribution in [2.24, 2.45) is 40.7 Å². The fraction of sp³-hybridized carbons (Fsp3) is 0.712. The molecule has 10 atom stereocenters. The van der Waals surface area contributed by atoms with Gasteiger partial charge < -0.3 is 75.9 Å². The van der Waals surface area contributed by atoms with E-state index in [-0.39, 0.29) is 102 Å². The first kappa shape index (κ1) is 65.4. The van der Waals surface area contributed by atoms with E-state index in [1.165, 1.54) is 0 Å². The smallest absolute Gasteiger partial charge is 0.243 e. The molecule has 1 aliphatic heterocycles. The van der Waals surface area contributed by atoms with Crippen molar-refractivity contribution >= 4 is 53.2 Å². The van der Waals surface area contributed by atoms with Gasteiger partial charge in [-0.2, -0.15) is 0 Å². The lowest BCUT2D eigenvalue weighted by Gasteiger charge is -2.28. The van der Waals surface area contributed by atoms with Gasteiger partial charge >= 0.3 is 0 Å². The van der Waals surface area contributed by atoms with E-state index in [0.29, 0.717) is 17.9 Å². The molecule has 0 saturated carbocycles. The minimum Gasteiger partial charge on any atom is -0.393 e. The molecular weight excluding hydrogens is 967 g/mol. The van der Waals surface area contributed by atoms with E-state index in [9.17, 15) is 48.3 Å². The number of carbonyl (C=O) groups is 9. The van der Waals surface area contributed by atoms with Crippen LogP contribution in [-0.4, -0.2) is 145 Å². The zero-order valence-electron chi connectivity index (χ0n) is 45.2. The Bertz CT molecular complexity index is 1960. The number of amides is 9. The number of nitrogens with one attached hydrogen (secondary N) is 9. The van der Waals surface area contributed by atoms with Crippen LogP contribution in [0.25, 0.3) is 0 Å². The van der Waals surface area contributed by atoms with Gasteiger partial charge in [0.05, 0.1) is 12.5 Å². The van der Waals surface area contributed by atoms with Crippen molar-refractivity contribution in [3.05, 3.63) is 35.9 Å². The molecule has 0 aliphatic carbocycles. The lowest BCUT2D eigenvalue weighted by Crippen LogP contribution is -2.61. The van der Waals surface area contributed by atoms with Crippen LogP contribution in [0.15, 0.2) is 30.3 Å². The normalized spacial score (nSPS) is 23.3. The monoisotopic (exact) mass is 1060 g/mol. The molecule has 1 aromatic carbocycles. The number of hydrogen-bond donors (Lipinski definition) is 14. The van der Waals surface area contributed by atoms with Crippen molar-refractivity contribution < 1.29 is 48.3 Å². The molecule has 10 unspecified atom stereocenters. The molecule has 1 aliphatic rings.